The molecule has 1 aliphatic rings. The van der Waals surface area contributed by atoms with Gasteiger partial charge in [-0.2, -0.15) is 0 Å². The lowest BCUT2D eigenvalue weighted by atomic mass is 10.1. The molecular formula is C25H26ClN3O. The minimum Gasteiger partial charge on any atom is -0.369 e. The van der Waals surface area contributed by atoms with E-state index >= 15 is 0 Å². The van der Waals surface area contributed by atoms with Gasteiger partial charge in [-0.25, -0.2) is 0 Å². The molecule has 1 fully saturated rings. The summed E-state index contributed by atoms with van der Waals surface area (Å²) in [5, 5.41) is 3.77. The van der Waals surface area contributed by atoms with E-state index in [0.717, 1.165) is 43.3 Å². The zero-order chi connectivity index (χ0) is 20.8. The molecule has 3 aromatic rings. The normalized spacial score (nSPS) is 14.5. The molecule has 1 aliphatic heterocycles. The molecule has 3 aromatic carbocycles. The molecule has 1 amide bonds. The monoisotopic (exact) mass is 419 g/mol. The van der Waals surface area contributed by atoms with E-state index in [2.05, 4.69) is 33.3 Å². The summed E-state index contributed by atoms with van der Waals surface area (Å²) in [6.45, 7) is 5.35. The van der Waals surface area contributed by atoms with Gasteiger partial charge in [0.15, 0.2) is 0 Å². The molecule has 1 N–H and O–H groups in total. The number of amides is 1. The van der Waals surface area contributed by atoms with Crippen molar-refractivity contribution in [3.63, 3.8) is 0 Å². The van der Waals surface area contributed by atoms with Crippen LogP contribution in [-0.2, 0) is 13.1 Å². The molecule has 0 spiro atoms. The van der Waals surface area contributed by atoms with Gasteiger partial charge in [-0.05, 0) is 47.5 Å². The van der Waals surface area contributed by atoms with E-state index in [1.807, 2.05) is 60.7 Å². The number of nitrogens with zero attached hydrogens (tertiary/aromatic N) is 2. The van der Waals surface area contributed by atoms with Crippen molar-refractivity contribution in [3.05, 3.63) is 101 Å². The molecule has 0 saturated carbocycles. The predicted octanol–water partition coefficient (Wildman–Crippen LogP) is 4.59. The summed E-state index contributed by atoms with van der Waals surface area (Å²) in [5.41, 5.74) is 4.20. The van der Waals surface area contributed by atoms with Gasteiger partial charge in [-0.1, -0.05) is 54.1 Å². The van der Waals surface area contributed by atoms with E-state index < -0.39 is 0 Å². The van der Waals surface area contributed by atoms with Gasteiger partial charge >= 0.3 is 0 Å². The lowest BCUT2D eigenvalue weighted by Crippen LogP contribution is -2.45. The molecule has 0 radical (unpaired) electrons. The van der Waals surface area contributed by atoms with Gasteiger partial charge in [0.2, 0.25) is 0 Å². The lowest BCUT2D eigenvalue weighted by Gasteiger charge is -2.36. The van der Waals surface area contributed by atoms with Crippen LogP contribution in [0, 0.1) is 0 Å². The highest BCUT2D eigenvalue weighted by atomic mass is 35.5. The zero-order valence-corrected chi connectivity index (χ0v) is 17.7. The summed E-state index contributed by atoms with van der Waals surface area (Å²) >= 11 is 5.99. The Morgan fingerprint density at radius 1 is 0.833 bits per heavy atom. The van der Waals surface area contributed by atoms with Crippen LogP contribution in [0.1, 0.15) is 21.5 Å². The number of carbonyl (C=O) groups excluding carboxylic acids is 1. The van der Waals surface area contributed by atoms with Crippen LogP contribution in [0.15, 0.2) is 78.9 Å². The topological polar surface area (TPSA) is 35.6 Å². The minimum absolute atomic E-state index is 0.0340. The largest absolute Gasteiger partial charge is 0.369 e. The lowest BCUT2D eigenvalue weighted by molar-refractivity contribution is 0.0950. The van der Waals surface area contributed by atoms with Gasteiger partial charge in [-0.15, -0.1) is 0 Å². The fraction of sp³-hybridized carbons (Fsp3) is 0.240. The fourth-order valence-corrected chi connectivity index (χ4v) is 3.89. The molecule has 1 saturated heterocycles. The molecule has 4 nitrogen and oxygen atoms in total. The number of anilines is 1. The summed E-state index contributed by atoms with van der Waals surface area (Å²) in [4.78, 5) is 17.4. The van der Waals surface area contributed by atoms with Crippen molar-refractivity contribution in [3.8, 4) is 0 Å². The maximum absolute atomic E-state index is 12.5. The quantitative estimate of drug-likeness (QED) is 0.634. The number of hydrogen-bond acceptors (Lipinski definition) is 3. The molecule has 5 heteroatoms. The third kappa shape index (κ3) is 5.41. The van der Waals surface area contributed by atoms with Crippen molar-refractivity contribution in [2.24, 2.45) is 0 Å². The van der Waals surface area contributed by atoms with E-state index in [1.54, 1.807) is 0 Å². The average molecular weight is 420 g/mol. The Balaban J connectivity index is 1.30. The first-order valence-electron chi connectivity index (χ1n) is 10.3. The van der Waals surface area contributed by atoms with Crippen LogP contribution in [0.3, 0.4) is 0 Å². The number of carbonyl (C=O) groups is 1. The molecule has 0 aromatic heterocycles. The Labute approximate surface area is 183 Å². The van der Waals surface area contributed by atoms with Crippen LogP contribution in [0.25, 0.3) is 0 Å². The SMILES string of the molecule is O=C(NCc1ccccc1)c1cccc(CN2CCN(c3ccc(Cl)cc3)CC2)c1. The first-order chi connectivity index (χ1) is 14.7. The summed E-state index contributed by atoms with van der Waals surface area (Å²) < 4.78 is 0. The number of piperazine rings is 1. The van der Waals surface area contributed by atoms with Crippen LogP contribution >= 0.6 is 11.6 Å². The summed E-state index contributed by atoms with van der Waals surface area (Å²) in [7, 11) is 0. The second kappa shape index (κ2) is 9.79. The number of halogens is 1. The standard InChI is InChI=1S/C25H26ClN3O/c26-23-9-11-24(12-10-23)29-15-13-28(14-16-29)19-21-7-4-8-22(17-21)25(30)27-18-20-5-2-1-3-6-20/h1-12,17H,13-16,18-19H2,(H,27,30). The van der Waals surface area contributed by atoms with Crippen molar-refractivity contribution in [1.29, 1.82) is 0 Å². The maximum atomic E-state index is 12.5. The van der Waals surface area contributed by atoms with E-state index in [1.165, 1.54) is 11.3 Å². The molecule has 0 aliphatic carbocycles. The minimum atomic E-state index is -0.0340. The summed E-state index contributed by atoms with van der Waals surface area (Å²) in [6.07, 6.45) is 0. The smallest absolute Gasteiger partial charge is 0.251 e. The van der Waals surface area contributed by atoms with E-state index in [-0.39, 0.29) is 5.91 Å². The Kier molecular flexibility index (Phi) is 6.67. The van der Waals surface area contributed by atoms with Gasteiger partial charge in [0.25, 0.3) is 5.91 Å². The molecule has 0 bridgehead atoms. The van der Waals surface area contributed by atoms with Crippen LogP contribution in [-0.4, -0.2) is 37.0 Å². The molecule has 154 valence electrons. The fourth-order valence-electron chi connectivity index (χ4n) is 3.77. The van der Waals surface area contributed by atoms with Gasteiger partial charge < -0.3 is 10.2 Å². The Hall–Kier alpha value is -2.82. The third-order valence-corrected chi connectivity index (χ3v) is 5.71. The number of benzene rings is 3. The van der Waals surface area contributed by atoms with Crippen LogP contribution in [0.4, 0.5) is 5.69 Å². The summed E-state index contributed by atoms with van der Waals surface area (Å²) in [6, 6.07) is 26.0. The van der Waals surface area contributed by atoms with Gasteiger partial charge in [-0.3, -0.25) is 9.69 Å². The van der Waals surface area contributed by atoms with Crippen molar-refractivity contribution in [2.75, 3.05) is 31.1 Å². The van der Waals surface area contributed by atoms with Crippen LogP contribution in [0.2, 0.25) is 5.02 Å². The van der Waals surface area contributed by atoms with Crippen LogP contribution in [0.5, 0.6) is 0 Å². The predicted molar refractivity (Wildman–Crippen MR) is 123 cm³/mol. The third-order valence-electron chi connectivity index (χ3n) is 5.46. The number of nitrogens with one attached hydrogen (secondary N) is 1. The van der Waals surface area contributed by atoms with E-state index in [9.17, 15) is 4.79 Å². The van der Waals surface area contributed by atoms with E-state index in [0.29, 0.717) is 12.1 Å². The molecular weight excluding hydrogens is 394 g/mol. The molecule has 1 heterocycles. The Morgan fingerprint density at radius 3 is 2.27 bits per heavy atom. The van der Waals surface area contributed by atoms with Crippen molar-refractivity contribution >= 4 is 23.2 Å². The number of hydrogen-bond donors (Lipinski definition) is 1. The van der Waals surface area contributed by atoms with Crippen molar-refractivity contribution in [2.45, 2.75) is 13.1 Å². The summed E-state index contributed by atoms with van der Waals surface area (Å²) in [5.74, 6) is -0.0340. The van der Waals surface area contributed by atoms with Gasteiger partial charge in [0.05, 0.1) is 0 Å². The van der Waals surface area contributed by atoms with Gasteiger partial charge in [0.1, 0.15) is 0 Å². The average Bonchev–Trinajstić information content (AvgIpc) is 2.79. The Bertz CT molecular complexity index is 967. The first-order valence-corrected chi connectivity index (χ1v) is 10.7. The molecule has 0 unspecified atom stereocenters. The van der Waals surface area contributed by atoms with E-state index in [4.69, 9.17) is 11.6 Å². The Morgan fingerprint density at radius 2 is 1.53 bits per heavy atom. The second-order valence-corrected chi connectivity index (χ2v) is 8.04. The van der Waals surface area contributed by atoms with Gasteiger partial charge in [0, 0.05) is 55.5 Å². The van der Waals surface area contributed by atoms with Crippen molar-refractivity contribution in [1.82, 2.24) is 10.2 Å². The van der Waals surface area contributed by atoms with Crippen LogP contribution < -0.4 is 10.2 Å². The maximum Gasteiger partial charge on any atom is 0.251 e. The van der Waals surface area contributed by atoms with Crippen molar-refractivity contribution < 1.29 is 4.79 Å². The highest BCUT2D eigenvalue weighted by Gasteiger charge is 2.17. The molecule has 30 heavy (non-hydrogen) atoms. The number of rotatable bonds is 6. The highest BCUT2D eigenvalue weighted by molar-refractivity contribution is 6.30. The molecule has 0 atom stereocenters. The molecule has 4 rings (SSSR count). The first kappa shape index (κ1) is 20.5. The highest BCUT2D eigenvalue weighted by Crippen LogP contribution is 2.20. The zero-order valence-electron chi connectivity index (χ0n) is 16.9. The second-order valence-electron chi connectivity index (χ2n) is 7.61.